The molecule has 0 aliphatic carbocycles. The van der Waals surface area contributed by atoms with Gasteiger partial charge in [-0.1, -0.05) is 36.1 Å². The summed E-state index contributed by atoms with van der Waals surface area (Å²) in [5, 5.41) is 10.1. The molecule has 2 aromatic carbocycles. The molecule has 0 spiro atoms. The fourth-order valence-electron chi connectivity index (χ4n) is 4.92. The van der Waals surface area contributed by atoms with E-state index < -0.39 is 15.8 Å². The number of ether oxygens (including phenoxy) is 1. The Hall–Kier alpha value is -2.28. The van der Waals surface area contributed by atoms with Crippen LogP contribution in [0.1, 0.15) is 29.9 Å². The first-order chi connectivity index (χ1) is 16.0. The van der Waals surface area contributed by atoms with Crippen molar-refractivity contribution in [2.24, 2.45) is 0 Å². The number of methoxy groups -OCH3 is 1. The van der Waals surface area contributed by atoms with Gasteiger partial charge >= 0.3 is 0 Å². The van der Waals surface area contributed by atoms with Gasteiger partial charge in [0.05, 0.1) is 6.61 Å². The van der Waals surface area contributed by atoms with Crippen molar-refractivity contribution in [1.82, 2.24) is 9.21 Å². The molecule has 4 rings (SSSR count). The van der Waals surface area contributed by atoms with E-state index >= 15 is 0 Å². The SMILES string of the molecule is COCC#Cc1ccc([C@H]2[C@@H](CO)N3CCCCN(S(=O)(=O)c4ccccc4F)C[C@@H]23)cc1. The van der Waals surface area contributed by atoms with Gasteiger partial charge in [-0.2, -0.15) is 4.31 Å². The molecule has 0 amide bonds. The Morgan fingerprint density at radius 1 is 1.12 bits per heavy atom. The minimum atomic E-state index is -3.97. The van der Waals surface area contributed by atoms with Crippen LogP contribution in [0.2, 0.25) is 0 Å². The third kappa shape index (κ3) is 4.84. The van der Waals surface area contributed by atoms with E-state index in [4.69, 9.17) is 4.74 Å². The monoisotopic (exact) mass is 472 g/mol. The molecule has 2 aliphatic heterocycles. The maximum Gasteiger partial charge on any atom is 0.246 e. The van der Waals surface area contributed by atoms with Gasteiger partial charge in [0.1, 0.15) is 17.3 Å². The van der Waals surface area contributed by atoms with Gasteiger partial charge in [0.25, 0.3) is 0 Å². The molecule has 3 atom stereocenters. The summed E-state index contributed by atoms with van der Waals surface area (Å²) >= 11 is 0. The lowest BCUT2D eigenvalue weighted by Crippen LogP contribution is -2.67. The quantitative estimate of drug-likeness (QED) is 0.677. The second-order valence-corrected chi connectivity index (χ2v) is 10.3. The number of nitrogens with zero attached hydrogens (tertiary/aromatic N) is 2. The highest BCUT2D eigenvalue weighted by atomic mass is 32.2. The van der Waals surface area contributed by atoms with E-state index in [1.807, 2.05) is 24.3 Å². The van der Waals surface area contributed by atoms with Crippen LogP contribution in [-0.4, -0.2) is 74.8 Å². The number of aliphatic hydroxyl groups excluding tert-OH is 1. The Kier molecular flexibility index (Phi) is 7.47. The summed E-state index contributed by atoms with van der Waals surface area (Å²) in [4.78, 5) is 1.91. The highest BCUT2D eigenvalue weighted by Gasteiger charge is 2.50. The van der Waals surface area contributed by atoms with E-state index in [-0.39, 0.29) is 36.0 Å². The average Bonchev–Trinajstić information content (AvgIpc) is 2.79. The maximum absolute atomic E-state index is 14.3. The minimum absolute atomic E-state index is 0.00335. The molecule has 2 aliphatic rings. The lowest BCUT2D eigenvalue weighted by atomic mass is 9.74. The van der Waals surface area contributed by atoms with Crippen LogP contribution in [0.4, 0.5) is 4.39 Å². The third-order valence-corrected chi connectivity index (χ3v) is 8.43. The first-order valence-electron chi connectivity index (χ1n) is 11.2. The van der Waals surface area contributed by atoms with Gasteiger partial charge in [-0.3, -0.25) is 4.90 Å². The Bertz CT molecular complexity index is 1130. The van der Waals surface area contributed by atoms with Crippen LogP contribution in [0.3, 0.4) is 0 Å². The smallest absolute Gasteiger partial charge is 0.246 e. The van der Waals surface area contributed by atoms with Crippen molar-refractivity contribution in [3.63, 3.8) is 0 Å². The Labute approximate surface area is 195 Å². The normalized spacial score (nSPS) is 24.0. The predicted octanol–water partition coefficient (Wildman–Crippen LogP) is 2.44. The third-order valence-electron chi connectivity index (χ3n) is 6.53. The Morgan fingerprint density at radius 2 is 1.85 bits per heavy atom. The molecule has 2 saturated heterocycles. The Balaban J connectivity index is 1.60. The summed E-state index contributed by atoms with van der Waals surface area (Å²) < 4.78 is 47.3. The van der Waals surface area contributed by atoms with Crippen molar-refractivity contribution in [3.05, 3.63) is 65.5 Å². The van der Waals surface area contributed by atoms with Gasteiger partial charge in [0.15, 0.2) is 0 Å². The molecule has 176 valence electrons. The van der Waals surface area contributed by atoms with Crippen LogP contribution in [0, 0.1) is 17.7 Å². The van der Waals surface area contributed by atoms with Crippen molar-refractivity contribution in [1.29, 1.82) is 0 Å². The van der Waals surface area contributed by atoms with E-state index in [1.165, 1.54) is 28.6 Å². The van der Waals surface area contributed by atoms with Crippen molar-refractivity contribution >= 4 is 10.0 Å². The second kappa shape index (κ2) is 10.3. The van der Waals surface area contributed by atoms with E-state index in [1.54, 1.807) is 7.11 Å². The number of hydrogen-bond acceptors (Lipinski definition) is 5. The number of sulfonamides is 1. The molecule has 2 fully saturated rings. The first kappa shape index (κ1) is 23.9. The zero-order valence-electron chi connectivity index (χ0n) is 18.7. The standard InChI is InChI=1S/C25H29FN2O4S/c1-32-16-6-7-19-10-12-20(13-11-19)25-22-17-27(14-4-5-15-28(22)23(25)18-29)33(30,31)24-9-3-2-8-21(24)26/h2-3,8-13,22-23,25,29H,4-5,14-18H2,1H3/t22-,23+,25+/m0/s1. The summed E-state index contributed by atoms with van der Waals surface area (Å²) in [6.07, 6.45) is 1.51. The molecule has 0 bridgehead atoms. The van der Waals surface area contributed by atoms with Crippen LogP contribution < -0.4 is 0 Å². The summed E-state index contributed by atoms with van der Waals surface area (Å²) in [6, 6.07) is 13.2. The molecular formula is C25H29FN2O4S. The van der Waals surface area contributed by atoms with Crippen LogP contribution >= 0.6 is 0 Å². The van der Waals surface area contributed by atoms with Crippen LogP contribution in [0.25, 0.3) is 0 Å². The molecule has 0 radical (unpaired) electrons. The largest absolute Gasteiger partial charge is 0.395 e. The molecule has 2 aromatic rings. The topological polar surface area (TPSA) is 70.1 Å². The summed E-state index contributed by atoms with van der Waals surface area (Å²) in [7, 11) is -2.37. The lowest BCUT2D eigenvalue weighted by Gasteiger charge is -2.57. The molecule has 33 heavy (non-hydrogen) atoms. The molecule has 0 saturated carbocycles. The number of hydrogen-bond donors (Lipinski definition) is 1. The molecule has 1 N–H and O–H groups in total. The molecular weight excluding hydrogens is 443 g/mol. The fourth-order valence-corrected chi connectivity index (χ4v) is 6.48. The minimum Gasteiger partial charge on any atom is -0.395 e. The molecule has 0 unspecified atom stereocenters. The van der Waals surface area contributed by atoms with Gasteiger partial charge in [-0.25, -0.2) is 12.8 Å². The van der Waals surface area contributed by atoms with Gasteiger partial charge < -0.3 is 9.84 Å². The van der Waals surface area contributed by atoms with E-state index in [0.717, 1.165) is 24.1 Å². The van der Waals surface area contributed by atoms with E-state index in [2.05, 4.69) is 16.7 Å². The highest BCUT2D eigenvalue weighted by Crippen LogP contribution is 2.42. The van der Waals surface area contributed by atoms with Crippen molar-refractivity contribution in [3.8, 4) is 11.8 Å². The van der Waals surface area contributed by atoms with Gasteiger partial charge in [-0.15, -0.1) is 0 Å². The number of rotatable bonds is 5. The van der Waals surface area contributed by atoms with Crippen molar-refractivity contribution < 1.29 is 22.7 Å². The zero-order valence-corrected chi connectivity index (χ0v) is 19.5. The number of fused-ring (bicyclic) bond motifs is 1. The first-order valence-corrected chi connectivity index (χ1v) is 12.6. The maximum atomic E-state index is 14.3. The van der Waals surface area contributed by atoms with Crippen molar-refractivity contribution in [2.45, 2.75) is 35.7 Å². The highest BCUT2D eigenvalue weighted by molar-refractivity contribution is 7.89. The van der Waals surface area contributed by atoms with Crippen LogP contribution in [0.5, 0.6) is 0 Å². The zero-order chi connectivity index (χ0) is 23.4. The average molecular weight is 473 g/mol. The summed E-state index contributed by atoms with van der Waals surface area (Å²) in [6.45, 7) is 1.77. The molecule has 8 heteroatoms. The van der Waals surface area contributed by atoms with Gasteiger partial charge in [0, 0.05) is 43.8 Å². The van der Waals surface area contributed by atoms with E-state index in [0.29, 0.717) is 19.6 Å². The lowest BCUT2D eigenvalue weighted by molar-refractivity contribution is -0.0554. The molecule has 2 heterocycles. The number of halogens is 1. The summed E-state index contributed by atoms with van der Waals surface area (Å²) in [5.41, 5.74) is 1.91. The fraction of sp³-hybridized carbons (Fsp3) is 0.440. The summed E-state index contributed by atoms with van der Waals surface area (Å²) in [5.74, 6) is 5.21. The van der Waals surface area contributed by atoms with Gasteiger partial charge in [0.2, 0.25) is 10.0 Å². The second-order valence-electron chi connectivity index (χ2n) is 8.44. The van der Waals surface area contributed by atoms with Crippen LogP contribution in [0.15, 0.2) is 53.4 Å². The Morgan fingerprint density at radius 3 is 2.55 bits per heavy atom. The van der Waals surface area contributed by atoms with Crippen LogP contribution in [-0.2, 0) is 14.8 Å². The number of benzene rings is 2. The van der Waals surface area contributed by atoms with E-state index in [9.17, 15) is 17.9 Å². The molecule has 0 aromatic heterocycles. The number of aliphatic hydroxyl groups is 1. The predicted molar refractivity (Wildman–Crippen MR) is 124 cm³/mol. The molecule has 6 nitrogen and oxygen atoms in total. The van der Waals surface area contributed by atoms with Crippen molar-refractivity contribution in [2.75, 3.05) is 40.0 Å². The van der Waals surface area contributed by atoms with Gasteiger partial charge in [-0.05, 0) is 49.2 Å².